The van der Waals surface area contributed by atoms with Crippen LogP contribution in [0.1, 0.15) is 49.1 Å². The number of anilines is 1. The number of amides is 1. The Morgan fingerprint density at radius 3 is 2.94 bits per heavy atom. The molecule has 0 radical (unpaired) electrons. The standard InChI is InChI=1S/C25H31N5O/c1-16-13-28-23(30-11-3-7-25(15-30)8-10-27-24(25)31)21-19-6-5-17(12-20(19)29-22(16)21)18-4-2-9-26-14-18/h5-6,12-13,18,26,29H,2-4,7-11,14-15H2,1H3,(H,27,31). The normalized spacial score (nSPS) is 26.8. The molecule has 0 aliphatic carbocycles. The van der Waals surface area contributed by atoms with Gasteiger partial charge in [0.1, 0.15) is 5.82 Å². The summed E-state index contributed by atoms with van der Waals surface area (Å²) in [6, 6.07) is 6.94. The number of aromatic amines is 1. The molecule has 2 unspecified atom stereocenters. The van der Waals surface area contributed by atoms with Gasteiger partial charge in [-0.15, -0.1) is 0 Å². The maximum atomic E-state index is 12.6. The molecule has 6 rings (SSSR count). The third-order valence-corrected chi connectivity index (χ3v) is 7.84. The molecule has 2 aromatic heterocycles. The fraction of sp³-hybridized carbons (Fsp3) is 0.520. The summed E-state index contributed by atoms with van der Waals surface area (Å²) in [6.45, 7) is 6.85. The van der Waals surface area contributed by atoms with Crippen molar-refractivity contribution in [2.45, 2.75) is 44.9 Å². The van der Waals surface area contributed by atoms with Gasteiger partial charge in [0.25, 0.3) is 0 Å². The second-order valence-electron chi connectivity index (χ2n) is 9.80. The van der Waals surface area contributed by atoms with Gasteiger partial charge in [-0.05, 0) is 68.7 Å². The summed E-state index contributed by atoms with van der Waals surface area (Å²) in [5.41, 5.74) is 4.71. The van der Waals surface area contributed by atoms with Crippen molar-refractivity contribution in [2.75, 3.05) is 37.6 Å². The number of rotatable bonds is 2. The van der Waals surface area contributed by atoms with Crippen molar-refractivity contribution in [3.8, 4) is 0 Å². The third-order valence-electron chi connectivity index (χ3n) is 7.84. The quantitative estimate of drug-likeness (QED) is 0.596. The first-order chi connectivity index (χ1) is 15.1. The number of aryl methyl sites for hydroxylation is 1. The first kappa shape index (κ1) is 19.1. The number of nitrogens with one attached hydrogen (secondary N) is 3. The van der Waals surface area contributed by atoms with Crippen LogP contribution in [0.4, 0.5) is 5.82 Å². The zero-order chi connectivity index (χ0) is 21.0. The number of hydrogen-bond acceptors (Lipinski definition) is 4. The van der Waals surface area contributed by atoms with E-state index in [-0.39, 0.29) is 11.3 Å². The Morgan fingerprint density at radius 2 is 2.13 bits per heavy atom. The number of carbonyl (C=O) groups is 1. The van der Waals surface area contributed by atoms with E-state index in [0.717, 1.165) is 57.8 Å². The van der Waals surface area contributed by atoms with Gasteiger partial charge in [0.05, 0.1) is 16.3 Å². The molecule has 3 aliphatic rings. The van der Waals surface area contributed by atoms with Crippen molar-refractivity contribution < 1.29 is 4.79 Å². The number of carbonyl (C=O) groups excluding carboxylic acids is 1. The lowest BCUT2D eigenvalue weighted by Gasteiger charge is -2.39. The molecule has 162 valence electrons. The highest BCUT2D eigenvalue weighted by Crippen LogP contribution is 2.41. The van der Waals surface area contributed by atoms with E-state index >= 15 is 0 Å². The van der Waals surface area contributed by atoms with Gasteiger partial charge in [0.2, 0.25) is 5.91 Å². The predicted molar refractivity (Wildman–Crippen MR) is 125 cm³/mol. The van der Waals surface area contributed by atoms with Crippen LogP contribution in [0.15, 0.2) is 24.4 Å². The predicted octanol–water partition coefficient (Wildman–Crippen LogP) is 3.60. The van der Waals surface area contributed by atoms with Gasteiger partial charge in [-0.25, -0.2) is 4.98 Å². The Kier molecular flexibility index (Phi) is 4.46. The van der Waals surface area contributed by atoms with Crippen LogP contribution in [0, 0.1) is 12.3 Å². The summed E-state index contributed by atoms with van der Waals surface area (Å²) in [6.07, 6.45) is 7.43. The van der Waals surface area contributed by atoms with Crippen molar-refractivity contribution in [3.05, 3.63) is 35.5 Å². The number of H-pyrrole nitrogens is 1. The molecule has 0 saturated carbocycles. The lowest BCUT2D eigenvalue weighted by molar-refractivity contribution is -0.128. The van der Waals surface area contributed by atoms with Gasteiger partial charge in [0.15, 0.2) is 0 Å². The van der Waals surface area contributed by atoms with E-state index in [2.05, 4.69) is 45.6 Å². The van der Waals surface area contributed by atoms with Gasteiger partial charge in [-0.1, -0.05) is 12.1 Å². The number of pyridine rings is 1. The van der Waals surface area contributed by atoms with E-state index in [1.807, 2.05) is 6.20 Å². The van der Waals surface area contributed by atoms with E-state index in [1.54, 1.807) is 0 Å². The molecule has 6 heteroatoms. The number of hydrogen-bond donors (Lipinski definition) is 3. The molecule has 2 atom stereocenters. The van der Waals surface area contributed by atoms with Crippen LogP contribution < -0.4 is 15.5 Å². The molecule has 5 heterocycles. The van der Waals surface area contributed by atoms with E-state index in [9.17, 15) is 4.79 Å². The van der Waals surface area contributed by atoms with Crippen LogP contribution in [0.5, 0.6) is 0 Å². The minimum absolute atomic E-state index is 0.227. The van der Waals surface area contributed by atoms with E-state index in [1.165, 1.54) is 45.8 Å². The molecule has 1 aromatic carbocycles. The summed E-state index contributed by atoms with van der Waals surface area (Å²) in [5, 5.41) is 9.05. The highest BCUT2D eigenvalue weighted by atomic mass is 16.2. The Bertz CT molecular complexity index is 1160. The SMILES string of the molecule is Cc1cnc(N2CCCC3(CCNC3=O)C2)c2c1[nH]c1cc(C3CCCNC3)ccc12. The first-order valence-corrected chi connectivity index (χ1v) is 11.8. The van der Waals surface area contributed by atoms with E-state index < -0.39 is 0 Å². The molecule has 6 nitrogen and oxygen atoms in total. The summed E-state index contributed by atoms with van der Waals surface area (Å²) in [7, 11) is 0. The molecule has 3 aromatic rings. The van der Waals surface area contributed by atoms with Gasteiger partial charge in [-0.2, -0.15) is 0 Å². The van der Waals surface area contributed by atoms with Crippen molar-refractivity contribution in [1.82, 2.24) is 20.6 Å². The van der Waals surface area contributed by atoms with Crippen molar-refractivity contribution in [3.63, 3.8) is 0 Å². The number of fused-ring (bicyclic) bond motifs is 3. The lowest BCUT2D eigenvalue weighted by atomic mass is 9.78. The minimum Gasteiger partial charge on any atom is -0.356 e. The molecular weight excluding hydrogens is 386 g/mol. The van der Waals surface area contributed by atoms with Gasteiger partial charge < -0.3 is 20.5 Å². The van der Waals surface area contributed by atoms with Crippen molar-refractivity contribution in [2.24, 2.45) is 5.41 Å². The topological polar surface area (TPSA) is 73.0 Å². The first-order valence-electron chi connectivity index (χ1n) is 11.8. The van der Waals surface area contributed by atoms with Crippen LogP contribution in [0.2, 0.25) is 0 Å². The molecule has 1 amide bonds. The highest BCUT2D eigenvalue weighted by Gasteiger charge is 2.45. The van der Waals surface area contributed by atoms with Crippen LogP contribution in [-0.2, 0) is 4.79 Å². The second kappa shape index (κ2) is 7.23. The fourth-order valence-electron chi connectivity index (χ4n) is 6.08. The highest BCUT2D eigenvalue weighted by molar-refractivity contribution is 6.13. The summed E-state index contributed by atoms with van der Waals surface area (Å²) in [5.74, 6) is 1.84. The number of benzene rings is 1. The monoisotopic (exact) mass is 417 g/mol. The van der Waals surface area contributed by atoms with Gasteiger partial charge >= 0.3 is 0 Å². The second-order valence-corrected chi connectivity index (χ2v) is 9.80. The smallest absolute Gasteiger partial charge is 0.228 e. The molecule has 3 aliphatic heterocycles. The number of aromatic nitrogens is 2. The van der Waals surface area contributed by atoms with Gasteiger partial charge in [0, 0.05) is 43.3 Å². The maximum absolute atomic E-state index is 12.6. The molecule has 0 bridgehead atoms. The third kappa shape index (κ3) is 3.03. The van der Waals surface area contributed by atoms with Crippen LogP contribution >= 0.6 is 0 Å². The minimum atomic E-state index is -0.246. The Labute approximate surface area is 182 Å². The van der Waals surface area contributed by atoms with Gasteiger partial charge in [-0.3, -0.25) is 4.79 Å². The Hall–Kier alpha value is -2.60. The number of nitrogens with zero attached hydrogens (tertiary/aromatic N) is 2. The average Bonchev–Trinajstić information content (AvgIpc) is 3.35. The zero-order valence-corrected chi connectivity index (χ0v) is 18.3. The molecule has 31 heavy (non-hydrogen) atoms. The molecule has 3 N–H and O–H groups in total. The van der Waals surface area contributed by atoms with Crippen LogP contribution in [0.3, 0.4) is 0 Å². The maximum Gasteiger partial charge on any atom is 0.228 e. The number of piperidine rings is 2. The molecule has 1 spiro atoms. The van der Waals surface area contributed by atoms with Crippen molar-refractivity contribution in [1.29, 1.82) is 0 Å². The summed E-state index contributed by atoms with van der Waals surface area (Å²) < 4.78 is 0. The zero-order valence-electron chi connectivity index (χ0n) is 18.3. The Balaban J connectivity index is 1.44. The Morgan fingerprint density at radius 1 is 1.19 bits per heavy atom. The van der Waals surface area contributed by atoms with E-state index in [0.29, 0.717) is 5.92 Å². The molecule has 3 saturated heterocycles. The summed E-state index contributed by atoms with van der Waals surface area (Å²) in [4.78, 5) is 23.6. The van der Waals surface area contributed by atoms with E-state index in [4.69, 9.17) is 4.98 Å². The lowest BCUT2D eigenvalue weighted by Crippen LogP contribution is -2.47. The van der Waals surface area contributed by atoms with Crippen LogP contribution in [0.25, 0.3) is 21.8 Å². The fourth-order valence-corrected chi connectivity index (χ4v) is 6.08. The van der Waals surface area contributed by atoms with Crippen molar-refractivity contribution >= 4 is 33.5 Å². The molecular formula is C25H31N5O. The summed E-state index contributed by atoms with van der Waals surface area (Å²) >= 11 is 0. The molecule has 3 fully saturated rings. The van der Waals surface area contributed by atoms with Crippen LogP contribution in [-0.4, -0.2) is 48.6 Å². The average molecular weight is 418 g/mol. The largest absolute Gasteiger partial charge is 0.356 e.